The molecule has 3 N–H and O–H groups in total. The Morgan fingerprint density at radius 2 is 1.86 bits per heavy atom. The summed E-state index contributed by atoms with van der Waals surface area (Å²) in [6.45, 7) is 1.44. The number of ether oxygens (including phenoxy) is 1. The summed E-state index contributed by atoms with van der Waals surface area (Å²) in [5, 5.41) is 0. The van der Waals surface area contributed by atoms with E-state index in [1.165, 1.54) is 18.2 Å². The number of rotatable bonds is 6. The van der Waals surface area contributed by atoms with Gasteiger partial charge >= 0.3 is 0 Å². The molecule has 0 fully saturated rings. The predicted molar refractivity (Wildman–Crippen MR) is 83.1 cm³/mol. The summed E-state index contributed by atoms with van der Waals surface area (Å²) in [6.07, 6.45) is 0. The minimum Gasteiger partial charge on any atom is -0.484 e. The Kier molecular flexibility index (Phi) is 4.67. The summed E-state index contributed by atoms with van der Waals surface area (Å²) in [6, 6.07) is 13.0. The molecule has 0 saturated carbocycles. The monoisotopic (exact) mass is 320 g/mol. The Hall–Kier alpha value is -2.54. The summed E-state index contributed by atoms with van der Waals surface area (Å²) in [5.41, 5.74) is 6.08. The largest absolute Gasteiger partial charge is 0.484 e. The molecule has 0 aliphatic heterocycles. The number of primary amides is 1. The number of sulfonamides is 1. The molecule has 0 heterocycles. The Balaban J connectivity index is 2.21. The van der Waals surface area contributed by atoms with E-state index in [2.05, 4.69) is 4.72 Å². The molecule has 1 amide bonds. The number of hydrogen-bond donors (Lipinski definition) is 2. The van der Waals surface area contributed by atoms with Gasteiger partial charge in [-0.2, -0.15) is 0 Å². The van der Waals surface area contributed by atoms with E-state index in [4.69, 9.17) is 10.5 Å². The van der Waals surface area contributed by atoms with Crippen LogP contribution in [0.3, 0.4) is 0 Å². The summed E-state index contributed by atoms with van der Waals surface area (Å²) in [5.74, 6) is -0.181. The van der Waals surface area contributed by atoms with Crippen LogP contribution in [0.25, 0.3) is 0 Å². The first-order valence-electron chi connectivity index (χ1n) is 6.48. The SMILES string of the molecule is Cc1cc(S(=O)(=O)Nc2ccccc2)ccc1OCC(N)=O. The molecular weight excluding hydrogens is 304 g/mol. The summed E-state index contributed by atoms with van der Waals surface area (Å²) in [4.78, 5) is 10.8. The second-order valence-electron chi connectivity index (χ2n) is 4.65. The van der Waals surface area contributed by atoms with Crippen molar-refractivity contribution in [1.29, 1.82) is 0 Å². The second kappa shape index (κ2) is 6.48. The smallest absolute Gasteiger partial charge is 0.261 e. The Bertz CT molecular complexity index is 773. The minimum absolute atomic E-state index is 0.111. The highest BCUT2D eigenvalue weighted by Gasteiger charge is 2.15. The van der Waals surface area contributed by atoms with Crippen molar-refractivity contribution in [1.82, 2.24) is 0 Å². The number of amides is 1. The summed E-state index contributed by atoms with van der Waals surface area (Å²) >= 11 is 0. The third-order valence-electron chi connectivity index (χ3n) is 2.85. The average Bonchev–Trinajstić information content (AvgIpc) is 2.46. The van der Waals surface area contributed by atoms with Crippen LogP contribution in [-0.2, 0) is 14.8 Å². The summed E-state index contributed by atoms with van der Waals surface area (Å²) in [7, 11) is -3.68. The lowest BCUT2D eigenvalue weighted by Gasteiger charge is -2.11. The zero-order valence-corrected chi connectivity index (χ0v) is 12.8. The quantitative estimate of drug-likeness (QED) is 0.845. The van der Waals surface area contributed by atoms with E-state index in [1.807, 2.05) is 0 Å². The maximum absolute atomic E-state index is 12.3. The molecule has 0 aliphatic carbocycles. The number of benzene rings is 2. The predicted octanol–water partition coefficient (Wildman–Crippen LogP) is 1.66. The van der Waals surface area contributed by atoms with Crippen molar-refractivity contribution >= 4 is 21.6 Å². The molecule has 7 heteroatoms. The van der Waals surface area contributed by atoms with Crippen LogP contribution >= 0.6 is 0 Å². The summed E-state index contributed by atoms with van der Waals surface area (Å²) < 4.78 is 32.3. The number of anilines is 1. The first kappa shape index (κ1) is 15.8. The van der Waals surface area contributed by atoms with Crippen molar-refractivity contribution in [2.24, 2.45) is 5.73 Å². The molecule has 0 bridgehead atoms. The molecule has 116 valence electrons. The van der Waals surface area contributed by atoms with Crippen molar-refractivity contribution in [2.45, 2.75) is 11.8 Å². The van der Waals surface area contributed by atoms with Gasteiger partial charge < -0.3 is 10.5 Å². The van der Waals surface area contributed by atoms with Gasteiger partial charge in [0.1, 0.15) is 5.75 Å². The third-order valence-corrected chi connectivity index (χ3v) is 4.23. The lowest BCUT2D eigenvalue weighted by molar-refractivity contribution is -0.119. The molecule has 0 spiro atoms. The molecular formula is C15H16N2O4S. The zero-order valence-electron chi connectivity index (χ0n) is 11.9. The Morgan fingerprint density at radius 1 is 1.18 bits per heavy atom. The molecule has 0 aromatic heterocycles. The number of para-hydroxylation sites is 1. The number of carbonyl (C=O) groups excluding carboxylic acids is 1. The van der Waals surface area contributed by atoms with Crippen molar-refractivity contribution < 1.29 is 17.9 Å². The van der Waals surface area contributed by atoms with Gasteiger partial charge in [-0.05, 0) is 42.8 Å². The van der Waals surface area contributed by atoms with Crippen LogP contribution in [0.15, 0.2) is 53.4 Å². The number of nitrogens with one attached hydrogen (secondary N) is 1. The maximum Gasteiger partial charge on any atom is 0.261 e. The van der Waals surface area contributed by atoms with Gasteiger partial charge in [-0.15, -0.1) is 0 Å². The highest BCUT2D eigenvalue weighted by atomic mass is 32.2. The Morgan fingerprint density at radius 3 is 2.45 bits per heavy atom. The lowest BCUT2D eigenvalue weighted by Crippen LogP contribution is -2.20. The molecule has 0 atom stereocenters. The van der Waals surface area contributed by atoms with Crippen LogP contribution in [0.5, 0.6) is 5.75 Å². The zero-order chi connectivity index (χ0) is 16.2. The van der Waals surface area contributed by atoms with Crippen molar-refractivity contribution in [3.05, 3.63) is 54.1 Å². The first-order valence-corrected chi connectivity index (χ1v) is 7.96. The van der Waals surface area contributed by atoms with E-state index in [-0.39, 0.29) is 11.5 Å². The molecule has 0 unspecified atom stereocenters. The number of carbonyl (C=O) groups is 1. The maximum atomic E-state index is 12.3. The molecule has 6 nitrogen and oxygen atoms in total. The van der Waals surface area contributed by atoms with Crippen molar-refractivity contribution in [2.75, 3.05) is 11.3 Å². The second-order valence-corrected chi connectivity index (χ2v) is 6.34. The van der Waals surface area contributed by atoms with Gasteiger partial charge in [0.25, 0.3) is 15.9 Å². The van der Waals surface area contributed by atoms with Gasteiger partial charge in [0.2, 0.25) is 0 Å². The van der Waals surface area contributed by atoms with E-state index in [0.717, 1.165) is 0 Å². The van der Waals surface area contributed by atoms with E-state index in [0.29, 0.717) is 17.0 Å². The van der Waals surface area contributed by atoms with Gasteiger partial charge in [-0.25, -0.2) is 8.42 Å². The molecule has 0 aliphatic rings. The van der Waals surface area contributed by atoms with Crippen molar-refractivity contribution in [3.8, 4) is 5.75 Å². The lowest BCUT2D eigenvalue weighted by atomic mass is 10.2. The van der Waals surface area contributed by atoms with E-state index < -0.39 is 15.9 Å². The Labute approximate surface area is 129 Å². The highest BCUT2D eigenvalue weighted by molar-refractivity contribution is 7.92. The van der Waals surface area contributed by atoms with Gasteiger partial charge in [0, 0.05) is 5.69 Å². The molecule has 2 aromatic carbocycles. The number of nitrogens with two attached hydrogens (primary N) is 1. The van der Waals surface area contributed by atoms with Gasteiger partial charge in [0.15, 0.2) is 6.61 Å². The highest BCUT2D eigenvalue weighted by Crippen LogP contribution is 2.23. The standard InChI is InChI=1S/C15H16N2O4S/c1-11-9-13(7-8-14(11)21-10-15(16)18)22(19,20)17-12-5-3-2-4-6-12/h2-9,17H,10H2,1H3,(H2,16,18). The third kappa shape index (κ3) is 3.98. The van der Waals surface area contributed by atoms with Crippen LogP contribution in [-0.4, -0.2) is 20.9 Å². The van der Waals surface area contributed by atoms with E-state index >= 15 is 0 Å². The van der Waals surface area contributed by atoms with Gasteiger partial charge in [-0.1, -0.05) is 18.2 Å². The fraction of sp³-hybridized carbons (Fsp3) is 0.133. The van der Waals surface area contributed by atoms with Crippen LogP contribution < -0.4 is 15.2 Å². The fourth-order valence-electron chi connectivity index (χ4n) is 1.82. The van der Waals surface area contributed by atoms with Crippen LogP contribution in [0.1, 0.15) is 5.56 Å². The molecule has 2 aromatic rings. The number of aryl methyl sites for hydroxylation is 1. The molecule has 2 rings (SSSR count). The van der Waals surface area contributed by atoms with E-state index in [1.54, 1.807) is 37.3 Å². The first-order chi connectivity index (χ1) is 10.4. The van der Waals surface area contributed by atoms with Crippen LogP contribution in [0.2, 0.25) is 0 Å². The van der Waals surface area contributed by atoms with Crippen molar-refractivity contribution in [3.63, 3.8) is 0 Å². The van der Waals surface area contributed by atoms with Crippen LogP contribution in [0, 0.1) is 6.92 Å². The molecule has 0 saturated heterocycles. The number of hydrogen-bond acceptors (Lipinski definition) is 4. The molecule has 0 radical (unpaired) electrons. The minimum atomic E-state index is -3.68. The molecule has 22 heavy (non-hydrogen) atoms. The average molecular weight is 320 g/mol. The van der Waals surface area contributed by atoms with E-state index in [9.17, 15) is 13.2 Å². The fourth-order valence-corrected chi connectivity index (χ4v) is 2.96. The van der Waals surface area contributed by atoms with Gasteiger partial charge in [-0.3, -0.25) is 9.52 Å². The van der Waals surface area contributed by atoms with Gasteiger partial charge in [0.05, 0.1) is 4.90 Å². The van der Waals surface area contributed by atoms with Crippen LogP contribution in [0.4, 0.5) is 5.69 Å². The normalized spacial score (nSPS) is 11.0. The topological polar surface area (TPSA) is 98.5 Å².